The van der Waals surface area contributed by atoms with E-state index in [2.05, 4.69) is 17.1 Å². The number of hydrogen-bond donors (Lipinski definition) is 0. The number of Topliss-reactive ketones (excluding diaryl/α,β-unsaturated/α-hetero) is 1. The summed E-state index contributed by atoms with van der Waals surface area (Å²) in [6.07, 6.45) is 3.68. The average Bonchev–Trinajstić information content (AvgIpc) is 2.75. The van der Waals surface area contributed by atoms with E-state index in [0.29, 0.717) is 5.56 Å². The van der Waals surface area contributed by atoms with Gasteiger partial charge in [0.1, 0.15) is 5.69 Å². The highest BCUT2D eigenvalue weighted by molar-refractivity contribution is 5.95. The predicted molar refractivity (Wildman–Crippen MR) is 106 cm³/mol. The van der Waals surface area contributed by atoms with Crippen LogP contribution in [0.1, 0.15) is 10.4 Å². The molecule has 0 spiro atoms. The first kappa shape index (κ1) is 19.6. The lowest BCUT2D eigenvalue weighted by Gasteiger charge is -2.05. The molecule has 0 saturated carbocycles. The van der Waals surface area contributed by atoms with Crippen LogP contribution in [0.15, 0.2) is 103 Å². The topological polar surface area (TPSA) is 33.8 Å². The Kier molecular flexibility index (Phi) is 6.45. The highest BCUT2D eigenvalue weighted by atomic mass is 79.9. The van der Waals surface area contributed by atoms with Gasteiger partial charge in [0.25, 0.3) is 0 Å². The average molecular weight is 431 g/mol. The summed E-state index contributed by atoms with van der Waals surface area (Å²) in [5, 5.41) is 0. The lowest BCUT2D eigenvalue weighted by atomic mass is 10.0. The minimum atomic E-state index is 0. The van der Waals surface area contributed by atoms with Gasteiger partial charge in [-0.3, -0.25) is 4.79 Å². The van der Waals surface area contributed by atoms with Gasteiger partial charge in [-0.1, -0.05) is 60.7 Å². The first-order chi connectivity index (χ1) is 13.3. The molecule has 0 bridgehead atoms. The maximum absolute atomic E-state index is 12.8. The minimum absolute atomic E-state index is 0. The van der Waals surface area contributed by atoms with Crippen molar-refractivity contribution >= 4 is 5.78 Å². The molecule has 138 valence electrons. The Morgan fingerprint density at radius 2 is 1.43 bits per heavy atom. The van der Waals surface area contributed by atoms with Gasteiger partial charge in [-0.05, 0) is 29.3 Å². The lowest BCUT2D eigenvalue weighted by Crippen LogP contribution is -3.00. The molecule has 0 N–H and O–H groups in total. The van der Waals surface area contributed by atoms with Crippen molar-refractivity contribution in [3.05, 3.63) is 109 Å². The summed E-state index contributed by atoms with van der Waals surface area (Å²) < 4.78 is 1.94. The summed E-state index contributed by atoms with van der Waals surface area (Å²) in [4.78, 5) is 17.2. The molecule has 3 nitrogen and oxygen atoms in total. The third-order valence-corrected chi connectivity index (χ3v) is 4.50. The van der Waals surface area contributed by atoms with Crippen molar-refractivity contribution in [2.45, 2.75) is 6.54 Å². The van der Waals surface area contributed by atoms with Gasteiger partial charge < -0.3 is 17.0 Å². The van der Waals surface area contributed by atoms with Gasteiger partial charge in [0.2, 0.25) is 18.0 Å². The summed E-state index contributed by atoms with van der Waals surface area (Å²) in [5.74, 6) is 0.0722. The largest absolute Gasteiger partial charge is 1.00 e. The van der Waals surface area contributed by atoms with Crippen LogP contribution in [0, 0.1) is 0 Å². The van der Waals surface area contributed by atoms with Gasteiger partial charge in [-0.25, -0.2) is 4.98 Å². The molecule has 2 aromatic carbocycles. The number of carbonyl (C=O) groups is 1. The Hall–Kier alpha value is -3.11. The summed E-state index contributed by atoms with van der Waals surface area (Å²) >= 11 is 0. The predicted octanol–water partition coefficient (Wildman–Crippen LogP) is 1.59. The second-order valence-electron chi connectivity index (χ2n) is 6.30. The molecule has 0 saturated heterocycles. The summed E-state index contributed by atoms with van der Waals surface area (Å²) in [7, 11) is 0. The van der Waals surface area contributed by atoms with Crippen molar-refractivity contribution in [2.24, 2.45) is 0 Å². The highest BCUT2D eigenvalue weighted by Crippen LogP contribution is 2.19. The van der Waals surface area contributed by atoms with Crippen LogP contribution in [0.2, 0.25) is 0 Å². The number of pyridine rings is 2. The number of benzene rings is 2. The van der Waals surface area contributed by atoms with Gasteiger partial charge in [-0.15, -0.1) is 0 Å². The Balaban J connectivity index is 0.00000225. The zero-order chi connectivity index (χ0) is 18.5. The molecule has 4 heteroatoms. The van der Waals surface area contributed by atoms with Crippen molar-refractivity contribution in [1.29, 1.82) is 0 Å². The molecule has 0 aliphatic carbocycles. The summed E-state index contributed by atoms with van der Waals surface area (Å²) in [6.45, 7) is 0.275. The van der Waals surface area contributed by atoms with Gasteiger partial charge in [0, 0.05) is 23.9 Å². The van der Waals surface area contributed by atoms with E-state index in [4.69, 9.17) is 0 Å². The van der Waals surface area contributed by atoms with Gasteiger partial charge in [0.15, 0.2) is 6.20 Å². The van der Waals surface area contributed by atoms with Crippen LogP contribution < -0.4 is 21.5 Å². The zero-order valence-corrected chi connectivity index (χ0v) is 16.8. The number of rotatable bonds is 5. The van der Waals surface area contributed by atoms with Crippen LogP contribution in [-0.4, -0.2) is 10.8 Å². The lowest BCUT2D eigenvalue weighted by molar-refractivity contribution is -0.672. The monoisotopic (exact) mass is 430 g/mol. The van der Waals surface area contributed by atoms with Crippen LogP contribution in [-0.2, 0) is 6.54 Å². The van der Waals surface area contributed by atoms with E-state index >= 15 is 0 Å². The third-order valence-electron chi connectivity index (χ3n) is 4.50. The quantitative estimate of drug-likeness (QED) is 0.355. The van der Waals surface area contributed by atoms with Gasteiger partial charge >= 0.3 is 0 Å². The van der Waals surface area contributed by atoms with Crippen molar-refractivity contribution in [2.75, 3.05) is 0 Å². The maximum Gasteiger partial charge on any atom is 0.231 e. The summed E-state index contributed by atoms with van der Waals surface area (Å²) in [5.41, 5.74) is 4.73. The van der Waals surface area contributed by atoms with Crippen molar-refractivity contribution in [1.82, 2.24) is 4.98 Å². The minimum Gasteiger partial charge on any atom is -1.00 e. The number of hydrogen-bond acceptors (Lipinski definition) is 2. The molecule has 28 heavy (non-hydrogen) atoms. The third kappa shape index (κ3) is 4.41. The smallest absolute Gasteiger partial charge is 0.231 e. The standard InChI is InChI=1S/C24H19N2O.BrH/c27-24(21-14-12-20(13-15-21)19-8-2-1-3-9-19)18-26-17-7-5-11-23(26)22-10-4-6-16-25-22;/h1-17H,18H2;1H/q+1;/p-1. The first-order valence-corrected chi connectivity index (χ1v) is 8.90. The highest BCUT2D eigenvalue weighted by Gasteiger charge is 2.18. The van der Waals surface area contributed by atoms with E-state index in [-0.39, 0.29) is 29.3 Å². The number of aromatic nitrogens is 2. The van der Waals surface area contributed by atoms with Crippen LogP contribution in [0.25, 0.3) is 22.5 Å². The molecule has 2 heterocycles. The fraction of sp³-hybridized carbons (Fsp3) is 0.0417. The Labute approximate surface area is 175 Å². The fourth-order valence-electron chi connectivity index (χ4n) is 3.09. The Morgan fingerprint density at radius 3 is 2.14 bits per heavy atom. The first-order valence-electron chi connectivity index (χ1n) is 8.90. The molecule has 0 fully saturated rings. The molecule has 0 aliphatic heterocycles. The molecule has 4 rings (SSSR count). The molecule has 0 radical (unpaired) electrons. The van der Waals surface area contributed by atoms with E-state index in [1.165, 1.54) is 0 Å². The number of nitrogens with zero attached hydrogens (tertiary/aromatic N) is 2. The number of ketones is 1. The SMILES string of the molecule is O=C(C[n+]1ccccc1-c1ccccn1)c1ccc(-c2ccccc2)cc1.[Br-]. The molecule has 0 unspecified atom stereocenters. The van der Waals surface area contributed by atoms with E-state index < -0.39 is 0 Å². The second-order valence-corrected chi connectivity index (χ2v) is 6.30. The Morgan fingerprint density at radius 1 is 0.750 bits per heavy atom. The molecule has 0 aliphatic rings. The van der Waals surface area contributed by atoms with Crippen LogP contribution >= 0.6 is 0 Å². The molecule has 2 aromatic heterocycles. The molecule has 0 atom stereocenters. The number of carbonyl (C=O) groups excluding carboxylic acids is 1. The van der Waals surface area contributed by atoms with Crippen molar-refractivity contribution in [3.63, 3.8) is 0 Å². The molecule has 0 amide bonds. The van der Waals surface area contributed by atoms with Crippen LogP contribution in [0.4, 0.5) is 0 Å². The van der Waals surface area contributed by atoms with Gasteiger partial charge in [-0.2, -0.15) is 4.57 Å². The van der Waals surface area contributed by atoms with E-state index in [0.717, 1.165) is 22.5 Å². The van der Waals surface area contributed by atoms with E-state index in [1.54, 1.807) is 6.20 Å². The molecular weight excluding hydrogens is 412 g/mol. The van der Waals surface area contributed by atoms with E-state index in [1.807, 2.05) is 89.6 Å². The zero-order valence-electron chi connectivity index (χ0n) is 15.2. The van der Waals surface area contributed by atoms with Crippen molar-refractivity contribution in [3.8, 4) is 22.5 Å². The van der Waals surface area contributed by atoms with Crippen LogP contribution in [0.5, 0.6) is 0 Å². The van der Waals surface area contributed by atoms with Crippen LogP contribution in [0.3, 0.4) is 0 Å². The molecular formula is C24H19BrN2O. The molecule has 4 aromatic rings. The van der Waals surface area contributed by atoms with Crippen molar-refractivity contribution < 1.29 is 26.3 Å². The van der Waals surface area contributed by atoms with Gasteiger partial charge in [0.05, 0.1) is 0 Å². The normalized spacial score (nSPS) is 10.1. The second kappa shape index (κ2) is 9.20. The summed E-state index contributed by atoms with van der Waals surface area (Å²) in [6, 6.07) is 29.6. The number of halogens is 1. The fourth-order valence-corrected chi connectivity index (χ4v) is 3.09. The Bertz CT molecular complexity index is 1050. The van der Waals surface area contributed by atoms with E-state index in [9.17, 15) is 4.79 Å². The maximum atomic E-state index is 12.8.